The minimum absolute atomic E-state index is 0.690. The van der Waals surface area contributed by atoms with E-state index in [4.69, 9.17) is 19.9 Å². The summed E-state index contributed by atoms with van der Waals surface area (Å²) >= 11 is 0. The van der Waals surface area contributed by atoms with Crippen LogP contribution in [0.15, 0.2) is 152 Å². The van der Waals surface area contributed by atoms with Gasteiger partial charge in [-0.1, -0.05) is 121 Å². The molecule has 0 atom stereocenters. The standard InChI is InChI=1S/C40H25N5/c1-2-11-26(12-3-1)29-13-10-14-30(25-29)37-33-17-6-7-18-34(33)41-39(43-37)28-22-20-27(21-23-28)36-31-15-4-5-16-32(31)38-40(44-36)45-24-9-8-19-35(45)42-38/h1-25H. The monoisotopic (exact) mass is 575 g/mol. The molecule has 0 saturated heterocycles. The normalized spacial score (nSPS) is 11.6. The van der Waals surface area contributed by atoms with Crippen LogP contribution in [0.1, 0.15) is 0 Å². The molecule has 4 heterocycles. The van der Waals surface area contributed by atoms with E-state index in [1.54, 1.807) is 0 Å². The Labute approximate surface area is 259 Å². The van der Waals surface area contributed by atoms with Crippen molar-refractivity contribution in [2.24, 2.45) is 0 Å². The van der Waals surface area contributed by atoms with Crippen LogP contribution < -0.4 is 0 Å². The molecule has 5 aromatic carbocycles. The lowest BCUT2D eigenvalue weighted by Crippen LogP contribution is -1.96. The van der Waals surface area contributed by atoms with E-state index in [1.165, 1.54) is 5.56 Å². The molecule has 0 N–H and O–H groups in total. The fourth-order valence-electron chi connectivity index (χ4n) is 6.23. The predicted molar refractivity (Wildman–Crippen MR) is 183 cm³/mol. The van der Waals surface area contributed by atoms with E-state index >= 15 is 0 Å². The van der Waals surface area contributed by atoms with Gasteiger partial charge in [0.15, 0.2) is 11.5 Å². The van der Waals surface area contributed by atoms with Crippen LogP contribution in [0.25, 0.3) is 83.5 Å². The van der Waals surface area contributed by atoms with Gasteiger partial charge in [-0.3, -0.25) is 4.40 Å². The van der Waals surface area contributed by atoms with Crippen molar-refractivity contribution in [3.8, 4) is 45.0 Å². The lowest BCUT2D eigenvalue weighted by atomic mass is 9.99. The zero-order valence-corrected chi connectivity index (χ0v) is 24.2. The fraction of sp³-hybridized carbons (Fsp3) is 0. The first kappa shape index (κ1) is 25.3. The van der Waals surface area contributed by atoms with Gasteiger partial charge in [-0.2, -0.15) is 0 Å². The van der Waals surface area contributed by atoms with Gasteiger partial charge in [0.1, 0.15) is 11.2 Å². The Hall–Kier alpha value is -6.20. The number of hydrogen-bond acceptors (Lipinski definition) is 4. The molecule has 0 aliphatic heterocycles. The first-order chi connectivity index (χ1) is 22.3. The number of pyridine rings is 2. The van der Waals surface area contributed by atoms with E-state index in [0.717, 1.165) is 72.1 Å². The number of rotatable bonds is 4. The molecular weight excluding hydrogens is 550 g/mol. The second kappa shape index (κ2) is 10.2. The lowest BCUT2D eigenvalue weighted by Gasteiger charge is -2.12. The van der Waals surface area contributed by atoms with Crippen molar-refractivity contribution in [3.05, 3.63) is 152 Å². The molecular formula is C40H25N5. The molecule has 5 heteroatoms. The van der Waals surface area contributed by atoms with Crippen LogP contribution in [-0.2, 0) is 0 Å². The Morgan fingerprint density at radius 3 is 1.93 bits per heavy atom. The van der Waals surface area contributed by atoms with E-state index in [1.807, 2.05) is 42.6 Å². The number of benzene rings is 5. The van der Waals surface area contributed by atoms with Gasteiger partial charge in [0.25, 0.3) is 0 Å². The van der Waals surface area contributed by atoms with Gasteiger partial charge in [0.05, 0.1) is 16.9 Å². The number of hydrogen-bond donors (Lipinski definition) is 0. The smallest absolute Gasteiger partial charge is 0.165 e. The van der Waals surface area contributed by atoms with Crippen LogP contribution in [0, 0.1) is 0 Å². The molecule has 9 aromatic rings. The Kier molecular flexibility index (Phi) is 5.74. The molecule has 0 bridgehead atoms. The highest BCUT2D eigenvalue weighted by atomic mass is 15.1. The maximum Gasteiger partial charge on any atom is 0.165 e. The van der Waals surface area contributed by atoms with Gasteiger partial charge in [-0.25, -0.2) is 19.9 Å². The van der Waals surface area contributed by atoms with Crippen molar-refractivity contribution in [1.29, 1.82) is 0 Å². The fourth-order valence-corrected chi connectivity index (χ4v) is 6.23. The first-order valence-electron chi connectivity index (χ1n) is 15.0. The van der Waals surface area contributed by atoms with Crippen LogP contribution >= 0.6 is 0 Å². The Morgan fingerprint density at radius 1 is 0.400 bits per heavy atom. The second-order valence-electron chi connectivity index (χ2n) is 11.2. The number of imidazole rings is 1. The van der Waals surface area contributed by atoms with Crippen LogP contribution in [0.3, 0.4) is 0 Å². The molecule has 0 amide bonds. The molecule has 0 fully saturated rings. The molecule has 0 saturated carbocycles. The number of fused-ring (bicyclic) bond motifs is 6. The SMILES string of the molecule is c1ccc(-c2cccc(-c3nc(-c4ccc(-c5nc6c(nc7ccccn76)c6ccccc56)cc4)nc4ccccc34)c2)cc1. The Balaban J connectivity index is 1.17. The van der Waals surface area contributed by atoms with Gasteiger partial charge in [-0.15, -0.1) is 0 Å². The molecule has 0 unspecified atom stereocenters. The van der Waals surface area contributed by atoms with E-state index in [-0.39, 0.29) is 0 Å². The van der Waals surface area contributed by atoms with Crippen molar-refractivity contribution < 1.29 is 0 Å². The summed E-state index contributed by atoms with van der Waals surface area (Å²) in [7, 11) is 0. The van der Waals surface area contributed by atoms with E-state index in [0.29, 0.717) is 5.82 Å². The summed E-state index contributed by atoms with van der Waals surface area (Å²) in [5.41, 5.74) is 10.8. The number of para-hydroxylation sites is 1. The van der Waals surface area contributed by atoms with Crippen molar-refractivity contribution in [3.63, 3.8) is 0 Å². The van der Waals surface area contributed by atoms with Gasteiger partial charge < -0.3 is 0 Å². The number of nitrogens with zero attached hydrogens (tertiary/aromatic N) is 5. The van der Waals surface area contributed by atoms with Crippen molar-refractivity contribution in [1.82, 2.24) is 24.3 Å². The second-order valence-corrected chi connectivity index (χ2v) is 11.2. The highest BCUT2D eigenvalue weighted by Gasteiger charge is 2.16. The molecule has 0 aliphatic carbocycles. The molecule has 0 aliphatic rings. The van der Waals surface area contributed by atoms with Gasteiger partial charge in [0, 0.05) is 39.0 Å². The summed E-state index contributed by atoms with van der Waals surface area (Å²) in [4.78, 5) is 20.2. The average Bonchev–Trinajstić information content (AvgIpc) is 3.50. The molecule has 45 heavy (non-hydrogen) atoms. The zero-order valence-electron chi connectivity index (χ0n) is 24.2. The molecule has 0 radical (unpaired) electrons. The zero-order chi connectivity index (χ0) is 29.7. The summed E-state index contributed by atoms with van der Waals surface area (Å²) in [5.74, 6) is 0.690. The van der Waals surface area contributed by atoms with E-state index in [9.17, 15) is 0 Å². The summed E-state index contributed by atoms with van der Waals surface area (Å²) in [6, 6.07) is 50.1. The highest BCUT2D eigenvalue weighted by Crippen LogP contribution is 2.35. The van der Waals surface area contributed by atoms with Crippen molar-refractivity contribution >= 4 is 38.5 Å². The maximum atomic E-state index is 5.16. The average molecular weight is 576 g/mol. The quantitative estimate of drug-likeness (QED) is 0.210. The Bertz CT molecular complexity index is 2530. The van der Waals surface area contributed by atoms with Gasteiger partial charge in [0.2, 0.25) is 0 Å². The minimum atomic E-state index is 0.690. The highest BCUT2D eigenvalue weighted by molar-refractivity contribution is 6.09. The van der Waals surface area contributed by atoms with E-state index in [2.05, 4.69) is 114 Å². The minimum Gasteiger partial charge on any atom is -0.284 e. The summed E-state index contributed by atoms with van der Waals surface area (Å²) in [6.07, 6.45) is 2.02. The number of aromatic nitrogens is 5. The third-order valence-corrected chi connectivity index (χ3v) is 8.42. The van der Waals surface area contributed by atoms with E-state index < -0.39 is 0 Å². The summed E-state index contributed by atoms with van der Waals surface area (Å²) in [5, 5.41) is 3.19. The lowest BCUT2D eigenvalue weighted by molar-refractivity contribution is 1.19. The van der Waals surface area contributed by atoms with Crippen LogP contribution in [0.4, 0.5) is 0 Å². The van der Waals surface area contributed by atoms with Gasteiger partial charge in [-0.05, 0) is 35.4 Å². The topological polar surface area (TPSA) is 56.0 Å². The molecule has 9 rings (SSSR count). The third kappa shape index (κ3) is 4.25. The largest absolute Gasteiger partial charge is 0.284 e. The van der Waals surface area contributed by atoms with Crippen LogP contribution in [0.5, 0.6) is 0 Å². The van der Waals surface area contributed by atoms with Crippen LogP contribution in [-0.4, -0.2) is 24.3 Å². The first-order valence-corrected chi connectivity index (χ1v) is 15.0. The van der Waals surface area contributed by atoms with Crippen molar-refractivity contribution in [2.45, 2.75) is 0 Å². The molecule has 4 aromatic heterocycles. The summed E-state index contributed by atoms with van der Waals surface area (Å²) in [6.45, 7) is 0. The third-order valence-electron chi connectivity index (χ3n) is 8.42. The predicted octanol–water partition coefficient (Wildman–Crippen LogP) is 9.65. The molecule has 210 valence electrons. The molecule has 0 spiro atoms. The Morgan fingerprint density at radius 2 is 1.07 bits per heavy atom. The molecule has 5 nitrogen and oxygen atoms in total. The summed E-state index contributed by atoms with van der Waals surface area (Å²) < 4.78 is 2.05. The van der Waals surface area contributed by atoms with Gasteiger partial charge >= 0.3 is 0 Å². The van der Waals surface area contributed by atoms with Crippen molar-refractivity contribution in [2.75, 3.05) is 0 Å². The van der Waals surface area contributed by atoms with Crippen LogP contribution in [0.2, 0.25) is 0 Å². The maximum absolute atomic E-state index is 5.16.